The third kappa shape index (κ3) is 3.12. The zero-order valence-corrected chi connectivity index (χ0v) is 13.2. The molecule has 1 aromatic carbocycles. The number of aromatic nitrogens is 2. The summed E-state index contributed by atoms with van der Waals surface area (Å²) in [5.74, 6) is 0. The van der Waals surface area contributed by atoms with E-state index in [1.165, 1.54) is 0 Å². The topological polar surface area (TPSA) is 37.8 Å². The summed E-state index contributed by atoms with van der Waals surface area (Å²) in [6, 6.07) is 10.7. The molecule has 0 aliphatic rings. The van der Waals surface area contributed by atoms with Crippen molar-refractivity contribution in [2.75, 3.05) is 6.54 Å². The molecular weight excluding hydrogens is 278 g/mol. The highest BCUT2D eigenvalue weighted by molar-refractivity contribution is 7.13. The molecule has 108 valence electrons. The molecule has 4 heteroatoms. The van der Waals surface area contributed by atoms with E-state index in [2.05, 4.69) is 53.8 Å². The molecule has 0 bridgehead atoms. The van der Waals surface area contributed by atoms with Gasteiger partial charge in [-0.15, -0.1) is 11.3 Å². The van der Waals surface area contributed by atoms with E-state index in [0.717, 1.165) is 40.1 Å². The lowest BCUT2D eigenvalue weighted by atomic mass is 10.1. The van der Waals surface area contributed by atoms with Crippen LogP contribution >= 0.6 is 11.3 Å². The molecule has 1 N–H and O–H groups in total. The van der Waals surface area contributed by atoms with Gasteiger partial charge in [0.25, 0.3) is 0 Å². The van der Waals surface area contributed by atoms with Crippen molar-refractivity contribution in [1.82, 2.24) is 15.3 Å². The molecule has 2 heterocycles. The fourth-order valence-electron chi connectivity index (χ4n) is 2.29. The second-order valence-corrected chi connectivity index (χ2v) is 6.02. The van der Waals surface area contributed by atoms with E-state index in [4.69, 9.17) is 4.98 Å². The molecule has 0 saturated heterocycles. The van der Waals surface area contributed by atoms with Gasteiger partial charge in [-0.05, 0) is 44.2 Å². The molecule has 0 spiro atoms. The van der Waals surface area contributed by atoms with Crippen molar-refractivity contribution in [3.8, 4) is 10.6 Å². The van der Waals surface area contributed by atoms with E-state index in [1.54, 1.807) is 11.3 Å². The van der Waals surface area contributed by atoms with Crippen LogP contribution in [0.25, 0.3) is 21.5 Å². The van der Waals surface area contributed by atoms with Crippen molar-refractivity contribution in [2.45, 2.75) is 26.3 Å². The first-order valence-electron chi connectivity index (χ1n) is 7.32. The first-order valence-corrected chi connectivity index (χ1v) is 8.20. The molecule has 21 heavy (non-hydrogen) atoms. The SMILES string of the molecule is CCCNC(C)c1csc(-c2ccc3ncccc3c2)n1. The molecule has 3 rings (SSSR count). The van der Waals surface area contributed by atoms with Gasteiger partial charge in [-0.1, -0.05) is 13.0 Å². The maximum Gasteiger partial charge on any atom is 0.123 e. The summed E-state index contributed by atoms with van der Waals surface area (Å²) in [7, 11) is 0. The Bertz CT molecular complexity index is 735. The summed E-state index contributed by atoms with van der Waals surface area (Å²) in [5, 5.41) is 7.85. The number of nitrogens with zero attached hydrogens (tertiary/aromatic N) is 2. The lowest BCUT2D eigenvalue weighted by Crippen LogP contribution is -2.19. The van der Waals surface area contributed by atoms with Crippen molar-refractivity contribution in [1.29, 1.82) is 0 Å². The minimum absolute atomic E-state index is 0.303. The van der Waals surface area contributed by atoms with Gasteiger partial charge in [0.2, 0.25) is 0 Å². The molecule has 3 nitrogen and oxygen atoms in total. The molecule has 0 aliphatic heterocycles. The number of nitrogens with one attached hydrogen (secondary N) is 1. The molecule has 1 atom stereocenters. The van der Waals surface area contributed by atoms with Crippen LogP contribution in [0.5, 0.6) is 0 Å². The Morgan fingerprint density at radius 2 is 2.19 bits per heavy atom. The average molecular weight is 297 g/mol. The molecule has 3 aromatic rings. The van der Waals surface area contributed by atoms with Crippen LogP contribution in [-0.4, -0.2) is 16.5 Å². The molecule has 0 aliphatic carbocycles. The monoisotopic (exact) mass is 297 g/mol. The molecule has 2 aromatic heterocycles. The Balaban J connectivity index is 1.87. The molecular formula is C17H19N3S. The molecule has 0 radical (unpaired) electrons. The first kappa shape index (κ1) is 14.2. The highest BCUT2D eigenvalue weighted by Gasteiger charge is 2.10. The number of benzene rings is 1. The number of hydrogen-bond donors (Lipinski definition) is 1. The highest BCUT2D eigenvalue weighted by Crippen LogP contribution is 2.28. The number of fused-ring (bicyclic) bond motifs is 1. The quantitative estimate of drug-likeness (QED) is 0.757. The van der Waals surface area contributed by atoms with E-state index in [1.807, 2.05) is 12.3 Å². The van der Waals surface area contributed by atoms with E-state index in [0.29, 0.717) is 6.04 Å². The number of rotatable bonds is 5. The highest BCUT2D eigenvalue weighted by atomic mass is 32.1. The Kier molecular flexibility index (Phi) is 4.27. The van der Waals surface area contributed by atoms with Gasteiger partial charge in [0, 0.05) is 28.6 Å². The maximum atomic E-state index is 4.78. The van der Waals surface area contributed by atoms with Crippen molar-refractivity contribution in [3.05, 3.63) is 47.6 Å². The zero-order valence-electron chi connectivity index (χ0n) is 12.3. The second kappa shape index (κ2) is 6.33. The normalized spacial score (nSPS) is 12.7. The number of pyridine rings is 1. The van der Waals surface area contributed by atoms with Crippen LogP contribution in [0, 0.1) is 0 Å². The van der Waals surface area contributed by atoms with Crippen LogP contribution in [0.15, 0.2) is 41.9 Å². The van der Waals surface area contributed by atoms with Gasteiger partial charge in [-0.25, -0.2) is 4.98 Å². The summed E-state index contributed by atoms with van der Waals surface area (Å²) in [4.78, 5) is 9.13. The minimum atomic E-state index is 0.303. The lowest BCUT2D eigenvalue weighted by molar-refractivity contribution is 0.561. The predicted octanol–water partition coefficient (Wildman–Crippen LogP) is 4.42. The van der Waals surface area contributed by atoms with Crippen molar-refractivity contribution >= 4 is 22.2 Å². The third-order valence-electron chi connectivity index (χ3n) is 3.52. The van der Waals surface area contributed by atoms with Gasteiger partial charge in [0.15, 0.2) is 0 Å². The predicted molar refractivity (Wildman–Crippen MR) is 89.6 cm³/mol. The Morgan fingerprint density at radius 1 is 1.29 bits per heavy atom. The molecule has 0 saturated carbocycles. The minimum Gasteiger partial charge on any atom is -0.309 e. The van der Waals surface area contributed by atoms with Crippen LogP contribution < -0.4 is 5.32 Å². The average Bonchev–Trinajstić information content (AvgIpc) is 3.02. The number of thiazole rings is 1. The Labute approximate surface area is 129 Å². The summed E-state index contributed by atoms with van der Waals surface area (Å²) < 4.78 is 0. The first-order chi connectivity index (χ1) is 10.3. The third-order valence-corrected chi connectivity index (χ3v) is 4.43. The van der Waals surface area contributed by atoms with Crippen LogP contribution in [0.4, 0.5) is 0 Å². The Hall–Kier alpha value is -1.78. The number of hydrogen-bond acceptors (Lipinski definition) is 4. The van der Waals surface area contributed by atoms with Crippen LogP contribution in [-0.2, 0) is 0 Å². The van der Waals surface area contributed by atoms with Gasteiger partial charge in [-0.2, -0.15) is 0 Å². The van der Waals surface area contributed by atoms with Crippen molar-refractivity contribution in [2.24, 2.45) is 0 Å². The van der Waals surface area contributed by atoms with Crippen LogP contribution in [0.1, 0.15) is 32.0 Å². The van der Waals surface area contributed by atoms with E-state index < -0.39 is 0 Å². The smallest absolute Gasteiger partial charge is 0.123 e. The van der Waals surface area contributed by atoms with Crippen molar-refractivity contribution in [3.63, 3.8) is 0 Å². The fourth-order valence-corrected chi connectivity index (χ4v) is 3.20. The maximum absolute atomic E-state index is 4.78. The largest absolute Gasteiger partial charge is 0.309 e. The standard InChI is InChI=1S/C17H19N3S/c1-3-8-18-12(2)16-11-21-17(20-16)14-6-7-15-13(10-14)5-4-9-19-15/h4-7,9-12,18H,3,8H2,1-2H3. The van der Waals surface area contributed by atoms with Gasteiger partial charge in [-0.3, -0.25) is 4.98 Å². The summed E-state index contributed by atoms with van der Waals surface area (Å²) in [6.07, 6.45) is 2.96. The second-order valence-electron chi connectivity index (χ2n) is 5.16. The van der Waals surface area contributed by atoms with Gasteiger partial charge >= 0.3 is 0 Å². The van der Waals surface area contributed by atoms with Gasteiger partial charge < -0.3 is 5.32 Å². The fraction of sp³-hybridized carbons (Fsp3) is 0.294. The molecule has 0 fully saturated rings. The lowest BCUT2D eigenvalue weighted by Gasteiger charge is -2.09. The molecule has 1 unspecified atom stereocenters. The Morgan fingerprint density at radius 3 is 3.05 bits per heavy atom. The van der Waals surface area contributed by atoms with E-state index in [9.17, 15) is 0 Å². The van der Waals surface area contributed by atoms with Crippen molar-refractivity contribution < 1.29 is 0 Å². The summed E-state index contributed by atoms with van der Waals surface area (Å²) >= 11 is 1.70. The molecule has 0 amide bonds. The summed E-state index contributed by atoms with van der Waals surface area (Å²) in [6.45, 7) is 5.36. The van der Waals surface area contributed by atoms with Crippen LogP contribution in [0.3, 0.4) is 0 Å². The van der Waals surface area contributed by atoms with Gasteiger partial charge in [0.1, 0.15) is 5.01 Å². The van der Waals surface area contributed by atoms with Gasteiger partial charge in [0.05, 0.1) is 11.2 Å². The van der Waals surface area contributed by atoms with E-state index in [-0.39, 0.29) is 0 Å². The van der Waals surface area contributed by atoms with Crippen LogP contribution in [0.2, 0.25) is 0 Å². The zero-order chi connectivity index (χ0) is 14.7. The van der Waals surface area contributed by atoms with E-state index >= 15 is 0 Å². The summed E-state index contributed by atoms with van der Waals surface area (Å²) in [5.41, 5.74) is 3.31.